The van der Waals surface area contributed by atoms with Gasteiger partial charge in [-0.25, -0.2) is 0 Å². The Morgan fingerprint density at radius 3 is 2.93 bits per heavy atom. The SMILES string of the molecule is NC(=S)C1(C(=O)NCc2cncs2)CC1. The molecule has 1 aromatic rings. The molecule has 15 heavy (non-hydrogen) atoms. The van der Waals surface area contributed by atoms with Gasteiger partial charge in [0.15, 0.2) is 0 Å². The molecule has 3 N–H and O–H groups in total. The number of nitrogens with zero attached hydrogens (tertiary/aromatic N) is 1. The molecule has 1 fully saturated rings. The molecular weight excluding hydrogens is 230 g/mol. The van der Waals surface area contributed by atoms with E-state index in [0.717, 1.165) is 17.7 Å². The summed E-state index contributed by atoms with van der Waals surface area (Å²) >= 11 is 6.41. The van der Waals surface area contributed by atoms with Crippen molar-refractivity contribution in [1.29, 1.82) is 0 Å². The minimum Gasteiger partial charge on any atom is -0.392 e. The maximum absolute atomic E-state index is 11.8. The van der Waals surface area contributed by atoms with E-state index in [4.69, 9.17) is 18.0 Å². The predicted molar refractivity (Wildman–Crippen MR) is 62.4 cm³/mol. The number of thiazole rings is 1. The van der Waals surface area contributed by atoms with Crippen molar-refractivity contribution in [2.45, 2.75) is 19.4 Å². The fourth-order valence-electron chi connectivity index (χ4n) is 1.38. The highest BCUT2D eigenvalue weighted by Gasteiger charge is 2.52. The molecule has 0 atom stereocenters. The van der Waals surface area contributed by atoms with E-state index >= 15 is 0 Å². The van der Waals surface area contributed by atoms with Crippen molar-refractivity contribution in [2.24, 2.45) is 11.1 Å². The monoisotopic (exact) mass is 241 g/mol. The number of nitrogens with two attached hydrogens (primary N) is 1. The zero-order valence-electron chi connectivity index (χ0n) is 8.03. The molecule has 0 unspecified atom stereocenters. The highest BCUT2D eigenvalue weighted by Crippen LogP contribution is 2.46. The number of carbonyl (C=O) groups is 1. The molecule has 0 aromatic carbocycles. The maximum Gasteiger partial charge on any atom is 0.233 e. The third-order valence-electron chi connectivity index (χ3n) is 2.56. The van der Waals surface area contributed by atoms with E-state index < -0.39 is 5.41 Å². The third kappa shape index (κ3) is 2.00. The van der Waals surface area contributed by atoms with Crippen molar-refractivity contribution in [1.82, 2.24) is 10.3 Å². The van der Waals surface area contributed by atoms with E-state index in [1.807, 2.05) is 0 Å². The van der Waals surface area contributed by atoms with Crippen LogP contribution in [0.1, 0.15) is 17.7 Å². The summed E-state index contributed by atoms with van der Waals surface area (Å²) in [7, 11) is 0. The zero-order valence-corrected chi connectivity index (χ0v) is 9.66. The first-order chi connectivity index (χ1) is 7.15. The van der Waals surface area contributed by atoms with Gasteiger partial charge in [-0.05, 0) is 12.8 Å². The lowest BCUT2D eigenvalue weighted by Crippen LogP contribution is -2.39. The highest BCUT2D eigenvalue weighted by atomic mass is 32.1. The van der Waals surface area contributed by atoms with Gasteiger partial charge in [0, 0.05) is 11.1 Å². The fraction of sp³-hybridized carbons (Fsp3) is 0.444. The van der Waals surface area contributed by atoms with Crippen molar-refractivity contribution < 1.29 is 4.79 Å². The van der Waals surface area contributed by atoms with Crippen LogP contribution in [-0.4, -0.2) is 15.9 Å². The second kappa shape index (κ2) is 3.86. The van der Waals surface area contributed by atoms with E-state index in [1.165, 1.54) is 11.3 Å². The quantitative estimate of drug-likeness (QED) is 0.766. The lowest BCUT2D eigenvalue weighted by Gasteiger charge is -2.12. The lowest BCUT2D eigenvalue weighted by atomic mass is 10.1. The molecule has 1 amide bonds. The van der Waals surface area contributed by atoms with Gasteiger partial charge in [0.25, 0.3) is 0 Å². The molecule has 1 aliphatic carbocycles. The average molecular weight is 241 g/mol. The van der Waals surface area contributed by atoms with Crippen molar-refractivity contribution in [3.63, 3.8) is 0 Å². The molecule has 6 heteroatoms. The van der Waals surface area contributed by atoms with Crippen molar-refractivity contribution >= 4 is 34.5 Å². The number of hydrogen-bond donors (Lipinski definition) is 2. The normalized spacial score (nSPS) is 17.1. The molecule has 0 radical (unpaired) electrons. The molecule has 0 spiro atoms. The first-order valence-corrected chi connectivity index (χ1v) is 5.89. The van der Waals surface area contributed by atoms with Crippen LogP contribution in [0.15, 0.2) is 11.7 Å². The van der Waals surface area contributed by atoms with Crippen LogP contribution in [0.2, 0.25) is 0 Å². The Balaban J connectivity index is 1.91. The summed E-state index contributed by atoms with van der Waals surface area (Å²) in [6.45, 7) is 0.508. The van der Waals surface area contributed by atoms with Crippen molar-refractivity contribution in [3.05, 3.63) is 16.6 Å². The van der Waals surface area contributed by atoms with Gasteiger partial charge in [-0.3, -0.25) is 9.78 Å². The van der Waals surface area contributed by atoms with Gasteiger partial charge in [0.05, 0.1) is 22.5 Å². The number of carbonyl (C=O) groups excluding carboxylic acids is 1. The van der Waals surface area contributed by atoms with Crippen LogP contribution in [0.3, 0.4) is 0 Å². The Hall–Kier alpha value is -1.01. The maximum atomic E-state index is 11.8. The number of hydrogen-bond acceptors (Lipinski definition) is 4. The molecule has 1 aromatic heterocycles. The Bertz CT molecular complexity index is 384. The van der Waals surface area contributed by atoms with Crippen LogP contribution in [0.4, 0.5) is 0 Å². The summed E-state index contributed by atoms with van der Waals surface area (Å²) in [4.78, 5) is 17.0. The van der Waals surface area contributed by atoms with Crippen LogP contribution >= 0.6 is 23.6 Å². The van der Waals surface area contributed by atoms with Gasteiger partial charge in [0.2, 0.25) is 5.91 Å². The van der Waals surface area contributed by atoms with Gasteiger partial charge < -0.3 is 11.1 Å². The smallest absolute Gasteiger partial charge is 0.233 e. The molecule has 0 saturated heterocycles. The van der Waals surface area contributed by atoms with Crippen LogP contribution in [-0.2, 0) is 11.3 Å². The molecule has 4 nitrogen and oxygen atoms in total. The standard InChI is InChI=1S/C9H11N3OS2/c10-7(14)9(1-2-9)8(13)12-4-6-3-11-5-15-6/h3,5H,1-2,4H2,(H2,10,14)(H,12,13). The summed E-state index contributed by atoms with van der Waals surface area (Å²) in [6.07, 6.45) is 3.29. The Morgan fingerprint density at radius 1 is 1.73 bits per heavy atom. The average Bonchev–Trinajstić information content (AvgIpc) is 2.87. The third-order valence-corrected chi connectivity index (χ3v) is 3.73. The Morgan fingerprint density at radius 2 is 2.47 bits per heavy atom. The van der Waals surface area contributed by atoms with Gasteiger partial charge in [0.1, 0.15) is 0 Å². The molecule has 1 heterocycles. The van der Waals surface area contributed by atoms with Gasteiger partial charge in [-0.15, -0.1) is 11.3 Å². The predicted octanol–water partition coefficient (Wildman–Crippen LogP) is 0.826. The molecule has 2 rings (SSSR count). The minimum absolute atomic E-state index is 0.0524. The first-order valence-electron chi connectivity index (χ1n) is 4.61. The van der Waals surface area contributed by atoms with E-state index in [9.17, 15) is 4.79 Å². The Kier molecular flexibility index (Phi) is 2.70. The van der Waals surface area contributed by atoms with E-state index in [1.54, 1.807) is 11.7 Å². The number of thiocarbonyl (C=S) groups is 1. The molecule has 0 aliphatic heterocycles. The summed E-state index contributed by atoms with van der Waals surface area (Å²) in [5, 5.41) is 2.83. The van der Waals surface area contributed by atoms with E-state index in [-0.39, 0.29) is 5.91 Å². The Labute approximate surface area is 96.9 Å². The number of nitrogens with one attached hydrogen (secondary N) is 1. The second-order valence-corrected chi connectivity index (χ2v) is 5.01. The van der Waals surface area contributed by atoms with Gasteiger partial charge in [-0.2, -0.15) is 0 Å². The van der Waals surface area contributed by atoms with Crippen LogP contribution in [0.25, 0.3) is 0 Å². The highest BCUT2D eigenvalue weighted by molar-refractivity contribution is 7.80. The summed E-state index contributed by atoms with van der Waals surface area (Å²) in [5.74, 6) is -0.0524. The van der Waals surface area contributed by atoms with Gasteiger partial charge in [-0.1, -0.05) is 12.2 Å². The van der Waals surface area contributed by atoms with Crippen molar-refractivity contribution in [2.75, 3.05) is 0 Å². The summed E-state index contributed by atoms with van der Waals surface area (Å²) in [6, 6.07) is 0. The van der Waals surface area contributed by atoms with Crippen LogP contribution in [0, 0.1) is 5.41 Å². The fourth-order valence-corrected chi connectivity index (χ4v) is 2.21. The lowest BCUT2D eigenvalue weighted by molar-refractivity contribution is -0.124. The molecule has 1 aliphatic rings. The topological polar surface area (TPSA) is 68.0 Å². The zero-order chi connectivity index (χ0) is 10.9. The van der Waals surface area contributed by atoms with Crippen LogP contribution in [0.5, 0.6) is 0 Å². The first kappa shape index (κ1) is 10.5. The van der Waals surface area contributed by atoms with E-state index in [2.05, 4.69) is 10.3 Å². The van der Waals surface area contributed by atoms with E-state index in [0.29, 0.717) is 11.5 Å². The summed E-state index contributed by atoms with van der Waals surface area (Å²) < 4.78 is 0. The molecule has 80 valence electrons. The summed E-state index contributed by atoms with van der Waals surface area (Å²) in [5.41, 5.74) is 6.73. The van der Waals surface area contributed by atoms with Gasteiger partial charge >= 0.3 is 0 Å². The molecule has 1 saturated carbocycles. The number of aromatic nitrogens is 1. The molecule has 0 bridgehead atoms. The minimum atomic E-state index is -0.556. The van der Waals surface area contributed by atoms with Crippen LogP contribution < -0.4 is 11.1 Å². The van der Waals surface area contributed by atoms with Crippen molar-refractivity contribution in [3.8, 4) is 0 Å². The largest absolute Gasteiger partial charge is 0.392 e. The second-order valence-electron chi connectivity index (χ2n) is 3.60. The number of rotatable bonds is 4. The molecular formula is C9H11N3OS2. The number of amides is 1.